The van der Waals surface area contributed by atoms with Crippen molar-refractivity contribution in [1.82, 2.24) is 29.3 Å². The smallest absolute Gasteiger partial charge is 0.285 e. The minimum Gasteiger partial charge on any atom is -0.335 e. The van der Waals surface area contributed by atoms with Gasteiger partial charge in [0.05, 0.1) is 0 Å². The Bertz CT molecular complexity index is 971. The first-order valence-corrected chi connectivity index (χ1v) is 8.99. The summed E-state index contributed by atoms with van der Waals surface area (Å²) in [6.45, 7) is 3.29. The molecule has 3 aromatic rings. The Morgan fingerprint density at radius 2 is 2.27 bits per heavy atom. The van der Waals surface area contributed by atoms with Gasteiger partial charge in [-0.3, -0.25) is 19.4 Å². The zero-order valence-corrected chi connectivity index (χ0v) is 14.8. The van der Waals surface area contributed by atoms with E-state index in [4.69, 9.17) is 0 Å². The molecule has 1 aliphatic rings. The highest BCUT2D eigenvalue weighted by atomic mass is 16.2. The van der Waals surface area contributed by atoms with Gasteiger partial charge in [-0.25, -0.2) is 9.50 Å². The Labute approximate surface area is 150 Å². The van der Waals surface area contributed by atoms with Crippen molar-refractivity contribution >= 4 is 11.6 Å². The molecule has 0 radical (unpaired) electrons. The number of hydrogen-bond acceptors (Lipinski definition) is 4. The van der Waals surface area contributed by atoms with Crippen molar-refractivity contribution < 1.29 is 4.79 Å². The van der Waals surface area contributed by atoms with E-state index in [-0.39, 0.29) is 23.1 Å². The lowest BCUT2D eigenvalue weighted by atomic mass is 9.98. The molecule has 3 aromatic heterocycles. The fraction of sp³-hybridized carbons (Fsp3) is 0.444. The first-order chi connectivity index (χ1) is 12.6. The predicted octanol–water partition coefficient (Wildman–Crippen LogP) is 1.61. The van der Waals surface area contributed by atoms with Crippen molar-refractivity contribution in [2.75, 3.05) is 6.54 Å². The van der Waals surface area contributed by atoms with Gasteiger partial charge in [0, 0.05) is 49.5 Å². The van der Waals surface area contributed by atoms with Crippen LogP contribution in [0.3, 0.4) is 0 Å². The van der Waals surface area contributed by atoms with E-state index < -0.39 is 0 Å². The van der Waals surface area contributed by atoms with E-state index in [1.807, 2.05) is 28.8 Å². The second-order valence-electron chi connectivity index (χ2n) is 6.82. The zero-order chi connectivity index (χ0) is 18.1. The van der Waals surface area contributed by atoms with Crippen LogP contribution in [0.5, 0.6) is 0 Å². The van der Waals surface area contributed by atoms with Crippen molar-refractivity contribution in [3.8, 4) is 0 Å². The van der Waals surface area contributed by atoms with E-state index in [1.54, 1.807) is 12.3 Å². The van der Waals surface area contributed by atoms with Crippen molar-refractivity contribution in [2.45, 2.75) is 45.2 Å². The minimum absolute atomic E-state index is 0.117. The lowest BCUT2D eigenvalue weighted by Crippen LogP contribution is -2.46. The number of carbonyl (C=O) groups is 1. The van der Waals surface area contributed by atoms with E-state index in [1.165, 1.54) is 10.7 Å². The Balaban J connectivity index is 1.58. The van der Waals surface area contributed by atoms with Crippen molar-refractivity contribution in [3.63, 3.8) is 0 Å². The summed E-state index contributed by atoms with van der Waals surface area (Å²) in [6.07, 6.45) is 8.92. The maximum atomic E-state index is 13.1. The summed E-state index contributed by atoms with van der Waals surface area (Å²) in [5, 5.41) is 7.16. The first kappa shape index (κ1) is 16.6. The number of hydrogen-bond donors (Lipinski definition) is 1. The number of aromatic amines is 1. The molecule has 0 saturated carbocycles. The van der Waals surface area contributed by atoms with Crippen LogP contribution in [0.25, 0.3) is 5.65 Å². The quantitative estimate of drug-likeness (QED) is 0.771. The number of aromatic nitrogens is 5. The molecule has 8 heteroatoms. The van der Waals surface area contributed by atoms with Crippen molar-refractivity contribution in [2.24, 2.45) is 0 Å². The number of carbonyl (C=O) groups excluding carboxylic acids is 1. The van der Waals surface area contributed by atoms with E-state index in [0.29, 0.717) is 12.2 Å². The van der Waals surface area contributed by atoms with Crippen molar-refractivity contribution in [3.05, 3.63) is 52.3 Å². The van der Waals surface area contributed by atoms with Crippen LogP contribution in [0.4, 0.5) is 0 Å². The fourth-order valence-corrected chi connectivity index (χ4v) is 3.66. The number of likely N-dealkylation sites (tertiary alicyclic amines) is 1. The number of nitrogens with one attached hydrogen (secondary N) is 1. The highest BCUT2D eigenvalue weighted by Crippen LogP contribution is 2.22. The van der Waals surface area contributed by atoms with Gasteiger partial charge in [0.1, 0.15) is 5.56 Å². The maximum Gasteiger partial charge on any atom is 0.285 e. The van der Waals surface area contributed by atoms with E-state index in [9.17, 15) is 9.59 Å². The molecule has 1 aliphatic heterocycles. The Morgan fingerprint density at radius 3 is 3.08 bits per heavy atom. The summed E-state index contributed by atoms with van der Waals surface area (Å²) in [6, 6.07) is 3.79. The summed E-state index contributed by atoms with van der Waals surface area (Å²) >= 11 is 0. The number of rotatable bonds is 4. The molecule has 4 rings (SSSR count). The monoisotopic (exact) mass is 354 g/mol. The Kier molecular flexibility index (Phi) is 4.32. The van der Waals surface area contributed by atoms with Gasteiger partial charge in [-0.2, -0.15) is 5.10 Å². The van der Waals surface area contributed by atoms with E-state index >= 15 is 0 Å². The van der Waals surface area contributed by atoms with Gasteiger partial charge in [0.25, 0.3) is 11.5 Å². The largest absolute Gasteiger partial charge is 0.335 e. The molecule has 26 heavy (non-hydrogen) atoms. The zero-order valence-electron chi connectivity index (χ0n) is 14.8. The van der Waals surface area contributed by atoms with Gasteiger partial charge < -0.3 is 4.90 Å². The van der Waals surface area contributed by atoms with Crippen LogP contribution in [0.1, 0.15) is 41.7 Å². The number of piperidine rings is 1. The normalized spacial score (nSPS) is 17.7. The summed E-state index contributed by atoms with van der Waals surface area (Å²) < 4.78 is 3.21. The summed E-state index contributed by atoms with van der Waals surface area (Å²) in [7, 11) is 0. The lowest BCUT2D eigenvalue weighted by molar-refractivity contribution is 0.0591. The molecule has 0 spiro atoms. The van der Waals surface area contributed by atoms with E-state index in [0.717, 1.165) is 37.9 Å². The molecular formula is C18H22N6O2. The molecule has 1 amide bonds. The van der Waals surface area contributed by atoms with Gasteiger partial charge in [0.2, 0.25) is 0 Å². The number of amides is 1. The second-order valence-corrected chi connectivity index (χ2v) is 6.82. The van der Waals surface area contributed by atoms with Gasteiger partial charge in [-0.1, -0.05) is 0 Å². The summed E-state index contributed by atoms with van der Waals surface area (Å²) in [4.78, 5) is 31.9. The van der Waals surface area contributed by atoms with Crippen molar-refractivity contribution in [1.29, 1.82) is 0 Å². The molecule has 136 valence electrons. The van der Waals surface area contributed by atoms with Gasteiger partial charge in [0.15, 0.2) is 5.65 Å². The van der Waals surface area contributed by atoms with Crippen LogP contribution in [-0.4, -0.2) is 47.8 Å². The Morgan fingerprint density at radius 1 is 1.38 bits per heavy atom. The second kappa shape index (κ2) is 6.78. The fourth-order valence-electron chi connectivity index (χ4n) is 3.66. The summed E-state index contributed by atoms with van der Waals surface area (Å²) in [5.41, 5.74) is 1.13. The third kappa shape index (κ3) is 3.02. The average Bonchev–Trinajstić information content (AvgIpc) is 3.29. The molecule has 1 N–H and O–H groups in total. The van der Waals surface area contributed by atoms with Crippen LogP contribution in [0.15, 0.2) is 35.5 Å². The number of H-pyrrole nitrogens is 1. The predicted molar refractivity (Wildman–Crippen MR) is 96.1 cm³/mol. The van der Waals surface area contributed by atoms with Crippen LogP contribution < -0.4 is 5.56 Å². The molecule has 4 heterocycles. The lowest BCUT2D eigenvalue weighted by Gasteiger charge is -2.35. The molecule has 0 aromatic carbocycles. The van der Waals surface area contributed by atoms with Crippen LogP contribution >= 0.6 is 0 Å². The SMILES string of the molecule is Cc1cc2ncc(C(=O)N3CCCC[C@H]3CCn3cccn3)c(=O)n2[nH]1. The Hall–Kier alpha value is -2.90. The number of nitrogens with zero attached hydrogens (tertiary/aromatic N) is 5. The first-order valence-electron chi connectivity index (χ1n) is 8.99. The molecule has 0 unspecified atom stereocenters. The van der Waals surface area contributed by atoms with Gasteiger partial charge in [-0.15, -0.1) is 0 Å². The van der Waals surface area contributed by atoms with Gasteiger partial charge in [-0.05, 0) is 38.7 Å². The maximum absolute atomic E-state index is 13.1. The minimum atomic E-state index is -0.343. The molecule has 0 bridgehead atoms. The molecule has 1 fully saturated rings. The van der Waals surface area contributed by atoms with Crippen LogP contribution in [0, 0.1) is 6.92 Å². The molecule has 1 saturated heterocycles. The highest BCUT2D eigenvalue weighted by molar-refractivity contribution is 5.94. The molecule has 1 atom stereocenters. The van der Waals surface area contributed by atoms with Crippen LogP contribution in [-0.2, 0) is 6.54 Å². The highest BCUT2D eigenvalue weighted by Gasteiger charge is 2.29. The molecular weight excluding hydrogens is 332 g/mol. The molecule has 0 aliphatic carbocycles. The van der Waals surface area contributed by atoms with Crippen LogP contribution in [0.2, 0.25) is 0 Å². The summed E-state index contributed by atoms with van der Waals surface area (Å²) in [5.74, 6) is -0.227. The number of aryl methyl sites for hydroxylation is 2. The van der Waals surface area contributed by atoms with E-state index in [2.05, 4.69) is 15.2 Å². The standard InChI is InChI=1S/C18H22N6O2/c1-13-11-16-19-12-15(18(26)24(16)21-13)17(25)23-9-3-2-5-14(23)6-10-22-8-4-7-20-22/h4,7-8,11-12,14,21H,2-3,5-6,9-10H2,1H3/t14-/m0/s1. The average molecular weight is 354 g/mol. The number of fused-ring (bicyclic) bond motifs is 1. The third-order valence-electron chi connectivity index (χ3n) is 4.99. The van der Waals surface area contributed by atoms with Gasteiger partial charge >= 0.3 is 0 Å². The topological polar surface area (TPSA) is 88.3 Å². The third-order valence-corrected chi connectivity index (χ3v) is 4.99. The molecule has 8 nitrogen and oxygen atoms in total.